The van der Waals surface area contributed by atoms with Crippen molar-refractivity contribution in [3.05, 3.63) is 71.8 Å². The minimum atomic E-state index is -5.20. The summed E-state index contributed by atoms with van der Waals surface area (Å²) in [6.07, 6.45) is -3.76. The first-order valence-electron chi connectivity index (χ1n) is 15.9. The van der Waals surface area contributed by atoms with Crippen molar-refractivity contribution in [1.82, 2.24) is 20.3 Å². The number of sulfonamides is 1. The van der Waals surface area contributed by atoms with Crippen LogP contribution in [0.2, 0.25) is 0 Å². The Morgan fingerprint density at radius 1 is 0.880 bits per heavy atom. The minimum absolute atomic E-state index is 0.0651. The zero-order valence-electron chi connectivity index (χ0n) is 30.0. The molecule has 0 fully saturated rings. The van der Waals surface area contributed by atoms with E-state index in [0.717, 1.165) is 29.8 Å². The normalized spacial score (nSPS) is 14.7. The zero-order chi connectivity index (χ0) is 38.4. The summed E-state index contributed by atoms with van der Waals surface area (Å²) < 4.78 is 65.8. The number of likely N-dealkylation sites (N-methyl/N-ethyl adjacent to an activating group) is 2. The third kappa shape index (κ3) is 10.6. The standard InChI is InChI=1S/C35H48F3N5O6S/c1-21(2)26(19-22(3)29(44)42-50(48,49)25-18-14-17-24(20-25)40-32(47)35(36,37)38)43(10)31(46)28(33(4,5)6)41-30(45)27(39-9)34(7,8)23-15-12-11-13-16-23/h11-21,26-28,39H,1-10H3,(H,40,47)(H,41,45)(H,42,44). The Kier molecular flexibility index (Phi) is 13.6. The van der Waals surface area contributed by atoms with Crippen LogP contribution in [0.15, 0.2) is 71.1 Å². The lowest BCUT2D eigenvalue weighted by Crippen LogP contribution is -2.61. The molecule has 2 rings (SSSR count). The van der Waals surface area contributed by atoms with E-state index in [9.17, 15) is 40.8 Å². The van der Waals surface area contributed by atoms with Gasteiger partial charge in [-0.2, -0.15) is 13.2 Å². The van der Waals surface area contributed by atoms with Crippen molar-refractivity contribution in [1.29, 1.82) is 0 Å². The minimum Gasteiger partial charge on any atom is -0.342 e. The number of rotatable bonds is 13. The first-order chi connectivity index (χ1) is 22.8. The molecule has 2 aromatic carbocycles. The fourth-order valence-corrected chi connectivity index (χ4v) is 6.43. The average Bonchev–Trinajstić information content (AvgIpc) is 3.01. The molecule has 0 spiro atoms. The summed E-state index contributed by atoms with van der Waals surface area (Å²) in [5.74, 6) is -4.42. The third-order valence-corrected chi connectivity index (χ3v) is 9.66. The van der Waals surface area contributed by atoms with Gasteiger partial charge in [-0.15, -0.1) is 0 Å². The Balaban J connectivity index is 2.33. The molecule has 0 aromatic heterocycles. The Morgan fingerprint density at radius 3 is 1.96 bits per heavy atom. The molecule has 0 radical (unpaired) electrons. The van der Waals surface area contributed by atoms with E-state index in [1.54, 1.807) is 26.2 Å². The van der Waals surface area contributed by atoms with Crippen LogP contribution < -0.4 is 20.7 Å². The van der Waals surface area contributed by atoms with Gasteiger partial charge in [0.1, 0.15) is 6.04 Å². The summed E-state index contributed by atoms with van der Waals surface area (Å²) in [5.41, 5.74) is -0.975. The molecule has 0 aliphatic rings. The van der Waals surface area contributed by atoms with E-state index >= 15 is 0 Å². The summed E-state index contributed by atoms with van der Waals surface area (Å²) >= 11 is 0. The van der Waals surface area contributed by atoms with Gasteiger partial charge < -0.3 is 20.9 Å². The number of anilines is 1. The summed E-state index contributed by atoms with van der Waals surface area (Å²) in [7, 11) is -1.39. The zero-order valence-corrected chi connectivity index (χ0v) is 30.8. The van der Waals surface area contributed by atoms with Crippen molar-refractivity contribution in [2.75, 3.05) is 19.4 Å². The molecule has 0 aliphatic carbocycles. The van der Waals surface area contributed by atoms with Crippen LogP contribution in [0.1, 0.15) is 61.0 Å². The number of carbonyl (C=O) groups excluding carboxylic acids is 4. The van der Waals surface area contributed by atoms with E-state index in [4.69, 9.17) is 0 Å². The maximum Gasteiger partial charge on any atom is 0.471 e. The van der Waals surface area contributed by atoms with Crippen molar-refractivity contribution in [2.45, 2.75) is 90.0 Å². The fraction of sp³-hybridized carbons (Fsp3) is 0.486. The van der Waals surface area contributed by atoms with E-state index in [0.29, 0.717) is 0 Å². The molecule has 0 heterocycles. The number of hydrogen-bond acceptors (Lipinski definition) is 7. The molecule has 2 aromatic rings. The number of hydrogen-bond donors (Lipinski definition) is 4. The lowest BCUT2D eigenvalue weighted by atomic mass is 9.76. The van der Waals surface area contributed by atoms with Gasteiger partial charge >= 0.3 is 12.1 Å². The van der Waals surface area contributed by atoms with Crippen molar-refractivity contribution in [2.24, 2.45) is 11.3 Å². The molecule has 11 nitrogen and oxygen atoms in total. The molecule has 0 bridgehead atoms. The van der Waals surface area contributed by atoms with Gasteiger partial charge in [-0.3, -0.25) is 19.2 Å². The SMILES string of the molecule is CNC(C(=O)NC(C(=O)N(C)C(C=C(C)C(=O)NS(=O)(=O)c1cccc(NC(=O)C(F)(F)F)c1)C(C)C)C(C)(C)C)C(C)(C)c1ccccc1. The molecule has 0 saturated carbocycles. The van der Waals surface area contributed by atoms with Crippen LogP contribution in [0.5, 0.6) is 0 Å². The Bertz CT molecular complexity index is 1690. The molecule has 50 heavy (non-hydrogen) atoms. The predicted octanol–water partition coefficient (Wildman–Crippen LogP) is 4.52. The third-order valence-electron chi connectivity index (χ3n) is 8.33. The van der Waals surface area contributed by atoms with Gasteiger partial charge in [0.05, 0.1) is 17.0 Å². The van der Waals surface area contributed by atoms with Crippen LogP contribution in [0.25, 0.3) is 0 Å². The highest BCUT2D eigenvalue weighted by molar-refractivity contribution is 7.90. The predicted molar refractivity (Wildman–Crippen MR) is 185 cm³/mol. The topological polar surface area (TPSA) is 154 Å². The van der Waals surface area contributed by atoms with Gasteiger partial charge in [0.15, 0.2) is 0 Å². The number of alkyl halides is 3. The molecule has 3 atom stereocenters. The first-order valence-corrected chi connectivity index (χ1v) is 17.4. The molecule has 4 amide bonds. The molecular weight excluding hydrogens is 675 g/mol. The second-order valence-electron chi connectivity index (χ2n) is 14.1. The largest absolute Gasteiger partial charge is 0.471 e. The van der Waals surface area contributed by atoms with Crippen LogP contribution in [0.3, 0.4) is 0 Å². The summed E-state index contributed by atoms with van der Waals surface area (Å²) in [4.78, 5) is 53.1. The van der Waals surface area contributed by atoms with Crippen LogP contribution in [-0.2, 0) is 34.6 Å². The van der Waals surface area contributed by atoms with Gasteiger partial charge in [0.2, 0.25) is 11.8 Å². The van der Waals surface area contributed by atoms with Gasteiger partial charge in [0.25, 0.3) is 15.9 Å². The van der Waals surface area contributed by atoms with Crippen LogP contribution in [0, 0.1) is 11.3 Å². The fourth-order valence-electron chi connectivity index (χ4n) is 5.37. The molecular formula is C35H48F3N5O6S. The highest BCUT2D eigenvalue weighted by Crippen LogP contribution is 2.29. The Morgan fingerprint density at radius 2 is 1.46 bits per heavy atom. The quantitative estimate of drug-likeness (QED) is 0.222. The van der Waals surface area contributed by atoms with Gasteiger partial charge in [-0.05, 0) is 49.1 Å². The van der Waals surface area contributed by atoms with Crippen LogP contribution in [0.4, 0.5) is 18.9 Å². The van der Waals surface area contributed by atoms with Crippen molar-refractivity contribution in [3.63, 3.8) is 0 Å². The van der Waals surface area contributed by atoms with Crippen molar-refractivity contribution < 1.29 is 40.8 Å². The van der Waals surface area contributed by atoms with Crippen LogP contribution >= 0.6 is 0 Å². The van der Waals surface area contributed by atoms with E-state index in [1.165, 1.54) is 24.9 Å². The number of halogens is 3. The summed E-state index contributed by atoms with van der Waals surface area (Å²) in [5, 5.41) is 7.60. The first kappa shape index (κ1) is 41.9. The lowest BCUT2D eigenvalue weighted by Gasteiger charge is -2.40. The maximum atomic E-state index is 14.1. The molecule has 15 heteroatoms. The second kappa shape index (κ2) is 16.2. The molecule has 3 unspecified atom stereocenters. The monoisotopic (exact) mass is 723 g/mol. The molecule has 0 saturated heterocycles. The highest BCUT2D eigenvalue weighted by Gasteiger charge is 2.42. The molecule has 276 valence electrons. The number of nitrogens with one attached hydrogen (secondary N) is 4. The van der Waals surface area contributed by atoms with Crippen molar-refractivity contribution in [3.8, 4) is 0 Å². The average molecular weight is 724 g/mol. The number of amides is 4. The highest BCUT2D eigenvalue weighted by atomic mass is 32.2. The number of carbonyl (C=O) groups is 4. The van der Waals surface area contributed by atoms with E-state index < -0.39 is 73.5 Å². The number of benzene rings is 2. The van der Waals surface area contributed by atoms with Gasteiger partial charge in [0, 0.05) is 23.7 Å². The van der Waals surface area contributed by atoms with E-state index in [2.05, 4.69) is 10.6 Å². The maximum absolute atomic E-state index is 14.1. The smallest absolute Gasteiger partial charge is 0.342 e. The summed E-state index contributed by atoms with van der Waals surface area (Å²) in [6.45, 7) is 14.3. The van der Waals surface area contributed by atoms with Crippen LogP contribution in [-0.4, -0.2) is 75.3 Å². The Hall–Kier alpha value is -4.24. The van der Waals surface area contributed by atoms with E-state index in [-0.39, 0.29) is 17.4 Å². The Labute approximate surface area is 292 Å². The lowest BCUT2D eigenvalue weighted by molar-refractivity contribution is -0.167. The second-order valence-corrected chi connectivity index (χ2v) is 15.7. The molecule has 0 aliphatic heterocycles. The molecule has 4 N–H and O–H groups in total. The van der Waals surface area contributed by atoms with Gasteiger partial charge in [-0.1, -0.05) is 90.9 Å². The number of nitrogens with zero attached hydrogens (tertiary/aromatic N) is 1. The summed E-state index contributed by atoms with van der Waals surface area (Å²) in [6, 6.07) is 11.1. The van der Waals surface area contributed by atoms with Crippen molar-refractivity contribution >= 4 is 39.3 Å². The van der Waals surface area contributed by atoms with Gasteiger partial charge in [-0.25, -0.2) is 13.1 Å². The van der Waals surface area contributed by atoms with E-state index in [1.807, 2.05) is 69.7 Å².